The molecule has 2 aromatic carbocycles. The normalized spacial score (nSPS) is 19.2. The first kappa shape index (κ1) is 26.9. The van der Waals surface area contributed by atoms with Gasteiger partial charge in [0.05, 0.1) is 11.0 Å². The second-order valence-corrected chi connectivity index (χ2v) is 10.7. The number of benzene rings is 2. The lowest BCUT2D eigenvalue weighted by Gasteiger charge is -2.46. The van der Waals surface area contributed by atoms with Crippen molar-refractivity contribution in [2.24, 2.45) is 5.92 Å². The fraction of sp³-hybridized carbons (Fsp3) is 0.517. The van der Waals surface area contributed by atoms with E-state index in [0.29, 0.717) is 12.2 Å². The molecule has 7 nitrogen and oxygen atoms in total. The maximum atomic E-state index is 13.9. The maximum Gasteiger partial charge on any atom is 0.407 e. The smallest absolute Gasteiger partial charge is 0.407 e. The molecule has 200 valence electrons. The molecule has 0 bridgehead atoms. The number of aromatic amines is 1. The van der Waals surface area contributed by atoms with Gasteiger partial charge in [0.25, 0.3) is 0 Å². The summed E-state index contributed by atoms with van der Waals surface area (Å²) in [5.41, 5.74) is 4.57. The van der Waals surface area contributed by atoms with Gasteiger partial charge in [0.2, 0.25) is 0 Å². The van der Waals surface area contributed by atoms with E-state index in [4.69, 9.17) is 14.5 Å². The molecular formula is C29H39FN4O3. The Balaban J connectivity index is 1.44. The molecule has 1 aliphatic rings. The standard InChI is InChI=1S/C29H39FN4O3/c1-18(2)25-22-12-11-21(30)16-23(22)36-17-29(25,37-28(35)31-5)13-15-34(6)14-7-8-24-32-26-19(3)9-10-20(4)27(26)33-24/h9-12,16,18,25H,7-8,13-15,17H2,1-6H3,(H,31,35)(H,32,33). The maximum absolute atomic E-state index is 13.9. The Hall–Kier alpha value is -3.13. The number of fused-ring (bicyclic) bond motifs is 2. The number of alkyl carbamates (subject to hydrolysis) is 1. The highest BCUT2D eigenvalue weighted by molar-refractivity contribution is 5.81. The fourth-order valence-corrected chi connectivity index (χ4v) is 5.57. The molecule has 1 aliphatic heterocycles. The predicted octanol–water partition coefficient (Wildman–Crippen LogP) is 5.50. The van der Waals surface area contributed by atoms with Gasteiger partial charge >= 0.3 is 6.09 Å². The number of hydrogen-bond donors (Lipinski definition) is 2. The minimum Gasteiger partial charge on any atom is -0.489 e. The SMILES string of the molecule is CNC(=O)OC1(CCN(C)CCCc2nc3c(C)ccc(C)c3[nH]2)COc2cc(F)ccc2C1C(C)C. The number of hydrogen-bond acceptors (Lipinski definition) is 5. The highest BCUT2D eigenvalue weighted by atomic mass is 19.1. The summed E-state index contributed by atoms with van der Waals surface area (Å²) in [7, 11) is 3.64. The second kappa shape index (κ2) is 11.1. The van der Waals surface area contributed by atoms with Crippen LogP contribution in [0.1, 0.15) is 55.1 Å². The van der Waals surface area contributed by atoms with Crippen LogP contribution in [-0.4, -0.2) is 60.4 Å². The summed E-state index contributed by atoms with van der Waals surface area (Å²) in [5, 5.41) is 2.59. The summed E-state index contributed by atoms with van der Waals surface area (Å²) in [4.78, 5) is 23.0. The lowest BCUT2D eigenvalue weighted by atomic mass is 9.72. The zero-order valence-electron chi connectivity index (χ0n) is 22.8. The number of carbonyl (C=O) groups is 1. The molecule has 2 unspecified atom stereocenters. The summed E-state index contributed by atoms with van der Waals surface area (Å²) >= 11 is 0. The molecule has 0 fully saturated rings. The summed E-state index contributed by atoms with van der Waals surface area (Å²) in [6, 6.07) is 8.86. The Kier molecular flexibility index (Phi) is 8.07. The number of amides is 1. The molecule has 3 aromatic rings. The van der Waals surface area contributed by atoms with Gasteiger partial charge in [-0.2, -0.15) is 0 Å². The van der Waals surface area contributed by atoms with Gasteiger partial charge in [0.1, 0.15) is 24.0 Å². The molecule has 1 aromatic heterocycles. The number of ether oxygens (including phenoxy) is 2. The molecule has 2 heterocycles. The minimum atomic E-state index is -0.860. The van der Waals surface area contributed by atoms with Crippen LogP contribution >= 0.6 is 0 Å². The number of aromatic nitrogens is 2. The molecule has 0 aliphatic carbocycles. The molecule has 1 amide bonds. The Morgan fingerprint density at radius 2 is 2.03 bits per heavy atom. The number of nitrogens with zero attached hydrogens (tertiary/aromatic N) is 2. The Bertz CT molecular complexity index is 1220. The van der Waals surface area contributed by atoms with Gasteiger partial charge in [-0.15, -0.1) is 0 Å². The minimum absolute atomic E-state index is 0.121. The number of halogens is 1. The van der Waals surface area contributed by atoms with Crippen LogP contribution in [0.5, 0.6) is 5.75 Å². The quantitative estimate of drug-likeness (QED) is 0.397. The van der Waals surface area contributed by atoms with Crippen LogP contribution in [0.3, 0.4) is 0 Å². The van der Waals surface area contributed by atoms with Crippen molar-refractivity contribution in [1.29, 1.82) is 0 Å². The van der Waals surface area contributed by atoms with E-state index in [9.17, 15) is 9.18 Å². The van der Waals surface area contributed by atoms with Crippen LogP contribution in [0, 0.1) is 25.6 Å². The third-order valence-electron chi connectivity index (χ3n) is 7.49. The van der Waals surface area contributed by atoms with E-state index in [1.54, 1.807) is 13.1 Å². The van der Waals surface area contributed by atoms with E-state index in [-0.39, 0.29) is 24.3 Å². The van der Waals surface area contributed by atoms with Crippen molar-refractivity contribution in [3.8, 4) is 5.75 Å². The highest BCUT2D eigenvalue weighted by Gasteiger charge is 2.49. The third kappa shape index (κ3) is 5.74. The van der Waals surface area contributed by atoms with Gasteiger partial charge < -0.3 is 24.7 Å². The van der Waals surface area contributed by atoms with E-state index >= 15 is 0 Å². The molecule has 8 heteroatoms. The predicted molar refractivity (Wildman–Crippen MR) is 144 cm³/mol. The van der Waals surface area contributed by atoms with E-state index in [1.807, 2.05) is 0 Å². The van der Waals surface area contributed by atoms with Crippen LogP contribution in [0.4, 0.5) is 9.18 Å². The van der Waals surface area contributed by atoms with Crippen molar-refractivity contribution in [2.45, 2.75) is 58.5 Å². The molecule has 0 radical (unpaired) electrons. The Morgan fingerprint density at radius 3 is 2.73 bits per heavy atom. The number of nitrogens with one attached hydrogen (secondary N) is 2. The van der Waals surface area contributed by atoms with Gasteiger partial charge in [-0.25, -0.2) is 14.2 Å². The number of aryl methyl sites for hydroxylation is 3. The van der Waals surface area contributed by atoms with Gasteiger partial charge in [-0.1, -0.05) is 32.0 Å². The molecular weight excluding hydrogens is 471 g/mol. The summed E-state index contributed by atoms with van der Waals surface area (Å²) in [6.45, 7) is 10.2. The van der Waals surface area contributed by atoms with E-state index < -0.39 is 11.7 Å². The fourth-order valence-electron chi connectivity index (χ4n) is 5.57. The zero-order chi connectivity index (χ0) is 26.7. The van der Waals surface area contributed by atoms with E-state index in [2.05, 4.69) is 62.1 Å². The van der Waals surface area contributed by atoms with Crippen molar-refractivity contribution < 1.29 is 18.7 Å². The number of carbonyl (C=O) groups excluding carboxylic acids is 1. The summed E-state index contributed by atoms with van der Waals surface area (Å²) in [5.74, 6) is 1.23. The lowest BCUT2D eigenvalue weighted by molar-refractivity contribution is -0.0724. The molecule has 0 saturated carbocycles. The lowest BCUT2D eigenvalue weighted by Crippen LogP contribution is -2.53. The average molecular weight is 511 g/mol. The first-order valence-corrected chi connectivity index (χ1v) is 13.1. The molecule has 4 rings (SSSR count). The zero-order valence-corrected chi connectivity index (χ0v) is 22.8. The van der Waals surface area contributed by atoms with Crippen molar-refractivity contribution in [2.75, 3.05) is 33.8 Å². The topological polar surface area (TPSA) is 79.5 Å². The number of imidazole rings is 1. The van der Waals surface area contributed by atoms with Gasteiger partial charge in [-0.05, 0) is 57.0 Å². The van der Waals surface area contributed by atoms with Gasteiger partial charge in [-0.3, -0.25) is 0 Å². The van der Waals surface area contributed by atoms with Crippen LogP contribution in [0.2, 0.25) is 0 Å². The summed E-state index contributed by atoms with van der Waals surface area (Å²) in [6.07, 6.45) is 1.91. The third-order valence-corrected chi connectivity index (χ3v) is 7.49. The number of rotatable bonds is 9. The van der Waals surface area contributed by atoms with Crippen LogP contribution in [0.15, 0.2) is 30.3 Å². The molecule has 0 spiro atoms. The van der Waals surface area contributed by atoms with Crippen LogP contribution in [-0.2, 0) is 11.2 Å². The van der Waals surface area contributed by atoms with E-state index in [0.717, 1.165) is 48.4 Å². The van der Waals surface area contributed by atoms with E-state index in [1.165, 1.54) is 23.3 Å². The van der Waals surface area contributed by atoms with Crippen LogP contribution < -0.4 is 10.1 Å². The Morgan fingerprint density at radius 1 is 1.27 bits per heavy atom. The molecule has 37 heavy (non-hydrogen) atoms. The van der Waals surface area contributed by atoms with Crippen LogP contribution in [0.25, 0.3) is 11.0 Å². The first-order valence-electron chi connectivity index (χ1n) is 13.1. The average Bonchev–Trinajstić information content (AvgIpc) is 3.30. The Labute approximate surface area is 218 Å². The second-order valence-electron chi connectivity index (χ2n) is 10.7. The van der Waals surface area contributed by atoms with Crippen molar-refractivity contribution in [1.82, 2.24) is 20.2 Å². The summed E-state index contributed by atoms with van der Waals surface area (Å²) < 4.78 is 25.9. The molecule has 2 atom stereocenters. The molecule has 0 saturated heterocycles. The van der Waals surface area contributed by atoms with Gasteiger partial charge in [0, 0.05) is 44.0 Å². The van der Waals surface area contributed by atoms with Crippen molar-refractivity contribution >= 4 is 17.1 Å². The largest absolute Gasteiger partial charge is 0.489 e. The first-order chi connectivity index (χ1) is 17.6. The van der Waals surface area contributed by atoms with Gasteiger partial charge in [0.15, 0.2) is 5.60 Å². The molecule has 2 N–H and O–H groups in total. The van der Waals surface area contributed by atoms with Crippen molar-refractivity contribution in [3.05, 3.63) is 58.7 Å². The highest BCUT2D eigenvalue weighted by Crippen LogP contribution is 2.47. The monoisotopic (exact) mass is 510 g/mol. The number of H-pyrrole nitrogens is 1. The van der Waals surface area contributed by atoms with Crippen molar-refractivity contribution in [3.63, 3.8) is 0 Å².